The summed E-state index contributed by atoms with van der Waals surface area (Å²) in [5.41, 5.74) is 3.82. The zero-order valence-electron chi connectivity index (χ0n) is 18.9. The number of nitrogens with one attached hydrogen (secondary N) is 2. The first-order valence-electron chi connectivity index (χ1n) is 11.5. The molecule has 0 saturated heterocycles. The molecule has 2 aromatic carbocycles. The minimum atomic E-state index is -1.16. The van der Waals surface area contributed by atoms with Crippen molar-refractivity contribution in [3.63, 3.8) is 0 Å². The summed E-state index contributed by atoms with van der Waals surface area (Å²) in [6.45, 7) is 0.979. The van der Waals surface area contributed by atoms with Gasteiger partial charge in [-0.25, -0.2) is 14.3 Å². The van der Waals surface area contributed by atoms with Crippen LogP contribution < -0.4 is 10.6 Å². The summed E-state index contributed by atoms with van der Waals surface area (Å²) in [6.07, 6.45) is 2.11. The average Bonchev–Trinajstić information content (AvgIpc) is 3.39. The van der Waals surface area contributed by atoms with Crippen molar-refractivity contribution >= 4 is 18.0 Å². The molecule has 3 aromatic rings. The first kappa shape index (κ1) is 22.6. The highest BCUT2D eigenvalue weighted by molar-refractivity contribution is 5.86. The highest BCUT2D eigenvalue weighted by Crippen LogP contribution is 2.46. The second kappa shape index (κ2) is 9.21. The fraction of sp³-hybridized carbons (Fsp3) is 0.320. The summed E-state index contributed by atoms with van der Waals surface area (Å²) in [5, 5.41) is 21.7. The number of rotatable bonds is 9. The number of carboxylic acid groups (broad SMARTS) is 1. The number of carbonyl (C=O) groups excluding carboxylic acids is 2. The molecular weight excluding hydrogens is 450 g/mol. The Hall–Kier alpha value is -4.21. The molecule has 3 N–H and O–H groups in total. The van der Waals surface area contributed by atoms with Gasteiger partial charge in [0.1, 0.15) is 6.61 Å². The van der Waals surface area contributed by atoms with Gasteiger partial charge in [-0.1, -0.05) is 53.7 Å². The van der Waals surface area contributed by atoms with Gasteiger partial charge in [0.15, 0.2) is 5.69 Å². The van der Waals surface area contributed by atoms with Crippen molar-refractivity contribution in [1.82, 2.24) is 25.6 Å². The second-order valence-corrected chi connectivity index (χ2v) is 8.89. The molecule has 0 unspecified atom stereocenters. The Morgan fingerprint density at radius 2 is 1.69 bits per heavy atom. The quantitative estimate of drug-likeness (QED) is 0.432. The number of aromatic nitrogens is 3. The molecule has 10 nitrogen and oxygen atoms in total. The molecule has 1 aromatic heterocycles. The van der Waals surface area contributed by atoms with E-state index in [-0.39, 0.29) is 37.2 Å². The summed E-state index contributed by atoms with van der Waals surface area (Å²) in [7, 11) is 0. The van der Waals surface area contributed by atoms with Crippen LogP contribution in [0.25, 0.3) is 11.1 Å². The first-order chi connectivity index (χ1) is 17.0. The van der Waals surface area contributed by atoms with Crippen molar-refractivity contribution < 1.29 is 24.2 Å². The highest BCUT2D eigenvalue weighted by Gasteiger charge is 2.49. The predicted molar refractivity (Wildman–Crippen MR) is 125 cm³/mol. The van der Waals surface area contributed by atoms with Gasteiger partial charge in [-0.3, -0.25) is 4.79 Å². The Morgan fingerprint density at radius 1 is 1.03 bits per heavy atom. The number of fused-ring (bicyclic) bond motifs is 3. The molecule has 5 rings (SSSR count). The van der Waals surface area contributed by atoms with Gasteiger partial charge in [-0.05, 0) is 35.1 Å². The van der Waals surface area contributed by atoms with Crippen LogP contribution in [-0.4, -0.2) is 57.8 Å². The van der Waals surface area contributed by atoms with Crippen LogP contribution in [0.4, 0.5) is 4.79 Å². The van der Waals surface area contributed by atoms with Crippen LogP contribution in [0, 0.1) is 5.41 Å². The van der Waals surface area contributed by atoms with Gasteiger partial charge < -0.3 is 20.5 Å². The van der Waals surface area contributed by atoms with Crippen LogP contribution >= 0.6 is 0 Å². The van der Waals surface area contributed by atoms with Gasteiger partial charge in [0.05, 0.1) is 18.2 Å². The van der Waals surface area contributed by atoms with Crippen LogP contribution in [0.15, 0.2) is 54.7 Å². The van der Waals surface area contributed by atoms with Gasteiger partial charge in [0.2, 0.25) is 5.91 Å². The number of alkyl carbamates (subject to hydrolysis) is 1. The lowest BCUT2D eigenvalue weighted by Crippen LogP contribution is -2.41. The third-order valence-electron chi connectivity index (χ3n) is 6.63. The summed E-state index contributed by atoms with van der Waals surface area (Å²) >= 11 is 0. The number of hydrogen-bond donors (Lipinski definition) is 3. The third-order valence-corrected chi connectivity index (χ3v) is 6.63. The van der Waals surface area contributed by atoms with Crippen molar-refractivity contribution in [1.29, 1.82) is 0 Å². The van der Waals surface area contributed by atoms with Crippen LogP contribution in [0.3, 0.4) is 0 Å². The standard InChI is InChI=1S/C25H25N5O5/c31-22(32)21-13-30(29-28-21)12-11-26-23(33)25(9-10-25)15-27-24(34)35-14-20-18-7-3-1-5-16(18)17-6-2-4-8-19(17)20/h1-8,13,20H,9-12,14-15H2,(H,26,33)(H,27,34)(H,31,32). The second-order valence-electron chi connectivity index (χ2n) is 8.89. The molecule has 2 amide bonds. The lowest BCUT2D eigenvalue weighted by Gasteiger charge is -2.18. The number of benzene rings is 2. The lowest BCUT2D eigenvalue weighted by molar-refractivity contribution is -0.126. The monoisotopic (exact) mass is 475 g/mol. The minimum absolute atomic E-state index is 0.0234. The van der Waals surface area contributed by atoms with Crippen molar-refractivity contribution in [2.45, 2.75) is 25.3 Å². The number of carbonyl (C=O) groups is 3. The largest absolute Gasteiger partial charge is 0.476 e. The summed E-state index contributed by atoms with van der Waals surface area (Å²) < 4.78 is 6.91. The molecule has 1 saturated carbocycles. The number of ether oxygens (including phenoxy) is 1. The van der Waals surface area contributed by atoms with E-state index >= 15 is 0 Å². The average molecular weight is 476 g/mol. The molecule has 10 heteroatoms. The maximum Gasteiger partial charge on any atom is 0.407 e. The molecule has 1 heterocycles. The van der Waals surface area contributed by atoms with E-state index < -0.39 is 17.5 Å². The lowest BCUT2D eigenvalue weighted by atomic mass is 9.98. The number of carboxylic acids is 1. The van der Waals surface area contributed by atoms with Crippen LogP contribution in [0.1, 0.15) is 40.4 Å². The molecule has 0 radical (unpaired) electrons. The summed E-state index contributed by atoms with van der Waals surface area (Å²) in [4.78, 5) is 36.0. The fourth-order valence-corrected chi connectivity index (χ4v) is 4.50. The topological polar surface area (TPSA) is 135 Å². The van der Waals surface area contributed by atoms with Gasteiger partial charge in [0.25, 0.3) is 0 Å². The van der Waals surface area contributed by atoms with E-state index in [4.69, 9.17) is 9.84 Å². The maximum absolute atomic E-state index is 12.6. The smallest absolute Gasteiger partial charge is 0.407 e. The van der Waals surface area contributed by atoms with Crippen molar-refractivity contribution in [2.24, 2.45) is 5.41 Å². The van der Waals surface area contributed by atoms with Crippen LogP contribution in [0.5, 0.6) is 0 Å². The van der Waals surface area contributed by atoms with Gasteiger partial charge in [0, 0.05) is 19.0 Å². The molecule has 180 valence electrons. The molecule has 0 spiro atoms. The molecule has 35 heavy (non-hydrogen) atoms. The molecular formula is C25H25N5O5. The molecule has 2 aliphatic rings. The zero-order valence-corrected chi connectivity index (χ0v) is 18.9. The van der Waals surface area contributed by atoms with Gasteiger partial charge in [-0.2, -0.15) is 0 Å². The normalized spacial score (nSPS) is 15.1. The summed E-state index contributed by atoms with van der Waals surface area (Å²) in [6, 6.07) is 16.3. The van der Waals surface area contributed by atoms with E-state index in [2.05, 4.69) is 45.2 Å². The van der Waals surface area contributed by atoms with E-state index in [1.54, 1.807) is 0 Å². The Bertz CT molecular complexity index is 1240. The number of amides is 2. The molecule has 0 bridgehead atoms. The van der Waals surface area contributed by atoms with E-state index in [1.165, 1.54) is 10.9 Å². The zero-order chi connectivity index (χ0) is 24.4. The Labute approximate surface area is 201 Å². The number of aromatic carboxylic acids is 1. The van der Waals surface area contributed by atoms with E-state index in [9.17, 15) is 14.4 Å². The first-order valence-corrected chi connectivity index (χ1v) is 11.5. The van der Waals surface area contributed by atoms with Crippen LogP contribution in [-0.2, 0) is 16.1 Å². The SMILES string of the molecule is O=C(NCC1(C(=O)NCCn2cc(C(=O)O)nn2)CC1)OCC1c2ccccc2-c2ccccc21. The van der Waals surface area contributed by atoms with E-state index in [1.807, 2.05) is 24.3 Å². The van der Waals surface area contributed by atoms with E-state index in [0.717, 1.165) is 22.3 Å². The Morgan fingerprint density at radius 3 is 2.29 bits per heavy atom. The highest BCUT2D eigenvalue weighted by atomic mass is 16.5. The van der Waals surface area contributed by atoms with Gasteiger partial charge >= 0.3 is 12.1 Å². The fourth-order valence-electron chi connectivity index (χ4n) is 4.50. The number of hydrogen-bond acceptors (Lipinski definition) is 6. The van der Waals surface area contributed by atoms with Crippen molar-refractivity contribution in [3.05, 3.63) is 71.5 Å². The predicted octanol–water partition coefficient (Wildman–Crippen LogP) is 2.41. The van der Waals surface area contributed by atoms with E-state index in [0.29, 0.717) is 19.4 Å². The molecule has 1 fully saturated rings. The van der Waals surface area contributed by atoms with Crippen molar-refractivity contribution in [2.75, 3.05) is 19.7 Å². The third kappa shape index (κ3) is 4.59. The Balaban J connectivity index is 1.10. The molecule has 0 aliphatic heterocycles. The van der Waals surface area contributed by atoms with Crippen molar-refractivity contribution in [3.8, 4) is 11.1 Å². The molecule has 0 atom stereocenters. The van der Waals surface area contributed by atoms with Gasteiger partial charge in [-0.15, -0.1) is 5.10 Å². The summed E-state index contributed by atoms with van der Waals surface area (Å²) in [5.74, 6) is -1.34. The number of nitrogens with zero attached hydrogens (tertiary/aromatic N) is 3. The minimum Gasteiger partial charge on any atom is -0.476 e. The maximum atomic E-state index is 12.6. The van der Waals surface area contributed by atoms with Crippen LogP contribution in [0.2, 0.25) is 0 Å². The molecule has 2 aliphatic carbocycles. The Kier molecular flexibility index (Phi) is 5.94.